The summed E-state index contributed by atoms with van der Waals surface area (Å²) in [5, 5.41) is 0. The van der Waals surface area contributed by atoms with E-state index in [2.05, 4.69) is 136 Å². The van der Waals surface area contributed by atoms with Crippen LogP contribution in [0.4, 0.5) is 11.4 Å². The Bertz CT molecular complexity index is 1450. The second kappa shape index (κ2) is 15.2. The molecule has 0 amide bonds. The molecule has 2 aliphatic rings. The minimum atomic E-state index is -1.08. The second-order valence-corrected chi connectivity index (χ2v) is 16.7. The van der Waals surface area contributed by atoms with Crippen LogP contribution in [0.3, 0.4) is 0 Å². The summed E-state index contributed by atoms with van der Waals surface area (Å²) in [7, 11) is 4.32. The zero-order valence-electron chi connectivity index (χ0n) is 27.5. The van der Waals surface area contributed by atoms with Crippen LogP contribution >= 0.6 is 0 Å². The van der Waals surface area contributed by atoms with E-state index in [0.29, 0.717) is 15.7 Å². The number of hydrogen-bond donors (Lipinski definition) is 0. The third-order valence-electron chi connectivity index (χ3n) is 7.80. The quantitative estimate of drug-likeness (QED) is 0.217. The van der Waals surface area contributed by atoms with Crippen molar-refractivity contribution in [2.75, 3.05) is 43.5 Å². The number of para-hydroxylation sites is 1. The molecule has 5 heteroatoms. The fourth-order valence-electron chi connectivity index (χ4n) is 6.05. The zero-order valence-corrected chi connectivity index (χ0v) is 30.7. The van der Waals surface area contributed by atoms with Gasteiger partial charge in [0.25, 0.3) is 0 Å². The number of nitrogens with zero attached hydrogens (tertiary/aromatic N) is 4. The van der Waals surface area contributed by atoms with Crippen LogP contribution in [0.2, 0.25) is 0 Å². The van der Waals surface area contributed by atoms with Crippen molar-refractivity contribution >= 4 is 34.9 Å². The molecule has 1 unspecified atom stereocenters. The molecule has 3 aromatic rings. The Morgan fingerprint density at radius 2 is 1.37 bits per heavy atom. The molecule has 0 saturated carbocycles. The second-order valence-electron chi connectivity index (χ2n) is 12.4. The molecule has 1 aromatic heterocycles. The van der Waals surface area contributed by atoms with Crippen molar-refractivity contribution in [3.63, 3.8) is 0 Å². The molecule has 1 atom stereocenters. The van der Waals surface area contributed by atoms with Crippen LogP contribution < -0.4 is 9.80 Å². The van der Waals surface area contributed by atoms with Gasteiger partial charge in [-0.3, -0.25) is 4.98 Å². The minimum absolute atomic E-state index is 0.397. The molecule has 1 aliphatic heterocycles. The first-order chi connectivity index (χ1) is 20.6. The van der Waals surface area contributed by atoms with Crippen LogP contribution in [-0.2, 0) is 0 Å². The minimum Gasteiger partial charge on any atom is -0.265 e. The Kier molecular flexibility index (Phi) is 11.7. The van der Waals surface area contributed by atoms with Gasteiger partial charge in [0.05, 0.1) is 0 Å². The van der Waals surface area contributed by atoms with Crippen molar-refractivity contribution in [3.05, 3.63) is 121 Å². The molecule has 43 heavy (non-hydrogen) atoms. The van der Waals surface area contributed by atoms with Crippen molar-refractivity contribution in [1.29, 1.82) is 0 Å². The Morgan fingerprint density at radius 1 is 0.814 bits per heavy atom. The zero-order chi connectivity index (χ0) is 31.1. The van der Waals surface area contributed by atoms with Crippen molar-refractivity contribution in [3.8, 4) is 0 Å². The van der Waals surface area contributed by atoms with E-state index in [9.17, 15) is 0 Å². The van der Waals surface area contributed by atoms with E-state index in [1.54, 1.807) is 12.4 Å². The summed E-state index contributed by atoms with van der Waals surface area (Å²) in [5.41, 5.74) is 18.0. The van der Waals surface area contributed by atoms with E-state index in [1.165, 1.54) is 48.0 Å². The van der Waals surface area contributed by atoms with Gasteiger partial charge >= 0.3 is 238 Å². The van der Waals surface area contributed by atoms with Crippen LogP contribution in [-0.4, -0.2) is 71.0 Å². The van der Waals surface area contributed by atoms with E-state index >= 15 is 0 Å². The van der Waals surface area contributed by atoms with Crippen molar-refractivity contribution in [2.45, 2.75) is 64.1 Å². The summed E-state index contributed by atoms with van der Waals surface area (Å²) in [6, 6.07) is 17.4. The molecule has 1 saturated heterocycles. The summed E-state index contributed by atoms with van der Waals surface area (Å²) >= 11 is -1.08. The summed E-state index contributed by atoms with van der Waals surface area (Å²) < 4.78 is 1.93. The van der Waals surface area contributed by atoms with Gasteiger partial charge in [-0.2, -0.15) is 0 Å². The number of anilines is 2. The predicted molar refractivity (Wildman–Crippen MR) is 185 cm³/mol. The Hall–Kier alpha value is -2.91. The topological polar surface area (TPSA) is 22.6 Å². The molecule has 5 rings (SSSR count). The number of aromatic nitrogens is 1. The third kappa shape index (κ3) is 8.18. The molecule has 1 fully saturated rings. The molecular weight excluding hydrogens is 721 g/mol. The molecule has 2 heterocycles. The maximum atomic E-state index is 3.78. The van der Waals surface area contributed by atoms with Gasteiger partial charge in [-0.1, -0.05) is 6.07 Å². The number of hydrogen-bond acceptors (Lipinski definition) is 4. The summed E-state index contributed by atoms with van der Waals surface area (Å²) in [6.45, 7) is 19.3. The van der Waals surface area contributed by atoms with Crippen LogP contribution in [0.25, 0.3) is 0 Å². The average Bonchev–Trinajstić information content (AvgIpc) is 3.36. The number of benzene rings is 2. The number of allylic oxidation sites excluding steroid dienone is 2. The first kappa shape index (κ1) is 33.0. The van der Waals surface area contributed by atoms with Gasteiger partial charge in [0.15, 0.2) is 0 Å². The SMILES string of the molecule is Cc1cc(C)c(N2CCN(c3c(C(C)C)cccc3C(C)C)[CH]2[Po][C]2=C(CN(C)C)C=C=C=C2)c(C)c1.c1ccncc1. The molecule has 0 bridgehead atoms. The average molecular weight is 770 g/mol. The van der Waals surface area contributed by atoms with Gasteiger partial charge in [0, 0.05) is 12.4 Å². The molecule has 0 N–H and O–H groups in total. The normalized spacial score (nSPS) is 16.1. The van der Waals surface area contributed by atoms with Crippen molar-refractivity contribution < 1.29 is 0 Å². The maximum Gasteiger partial charge on any atom is 0.0267 e. The molecule has 4 nitrogen and oxygen atoms in total. The standard InChI is InChI=1S/C24H33N2.C9H10N.C5H5N.Po/c1-16(2)21-9-8-10-22(17(3)4)24(21)26-12-11-25(15-26)23-19(6)13-18(5)14-20(23)7;1-10(2)8-9-6-4-3-5-7-9;1-2-4-6-5-3-1;/h8-10,13-17H,11-12H2,1-7H3;4,7H,8H2,1-2H3;1-5H;. The monoisotopic (exact) mass is 769 g/mol. The largest absolute Gasteiger partial charge is 0.265 e. The number of aryl methyl sites for hydroxylation is 3. The maximum absolute atomic E-state index is 3.78. The van der Waals surface area contributed by atoms with Gasteiger partial charge in [-0.25, -0.2) is 0 Å². The van der Waals surface area contributed by atoms with Gasteiger partial charge < -0.3 is 0 Å². The summed E-state index contributed by atoms with van der Waals surface area (Å²) in [4.78, 5) is 11.6. The van der Waals surface area contributed by atoms with Gasteiger partial charge in [-0.05, 0) is 12.1 Å². The fourth-order valence-corrected chi connectivity index (χ4v) is 11.1. The predicted octanol–water partition coefficient (Wildman–Crippen LogP) is 7.95. The molecule has 1 aliphatic carbocycles. The first-order valence-electron chi connectivity index (χ1n) is 15.4. The van der Waals surface area contributed by atoms with E-state index < -0.39 is 23.6 Å². The van der Waals surface area contributed by atoms with E-state index in [1.807, 2.05) is 18.2 Å². The molecule has 2 aromatic carbocycles. The van der Waals surface area contributed by atoms with E-state index in [0.717, 1.165) is 19.6 Å². The number of pyridine rings is 1. The van der Waals surface area contributed by atoms with Crippen LogP contribution in [0.15, 0.2) is 93.3 Å². The van der Waals surface area contributed by atoms with E-state index in [-0.39, 0.29) is 0 Å². The van der Waals surface area contributed by atoms with Gasteiger partial charge in [-0.15, -0.1) is 0 Å². The Labute approximate surface area is 272 Å². The molecule has 226 valence electrons. The molecular formula is C38H48N4Po. The van der Waals surface area contributed by atoms with Crippen LogP contribution in [0.5, 0.6) is 0 Å². The smallest absolute Gasteiger partial charge is 0.0267 e. The van der Waals surface area contributed by atoms with Crippen LogP contribution in [0, 0.1) is 20.8 Å². The van der Waals surface area contributed by atoms with Crippen molar-refractivity contribution in [2.24, 2.45) is 0 Å². The Balaban J connectivity index is 0.000000628. The summed E-state index contributed by atoms with van der Waals surface area (Å²) in [6.07, 6.45) is 7.91. The molecule has 0 radical (unpaired) electrons. The van der Waals surface area contributed by atoms with Crippen LogP contribution in [0.1, 0.15) is 67.3 Å². The number of likely N-dealkylation sites (N-methyl/N-ethyl adjacent to an activating group) is 1. The third-order valence-corrected chi connectivity index (χ3v) is 13.1. The fraction of sp³-hybridized carbons (Fsp3) is 0.395. The first-order valence-corrected chi connectivity index (χ1v) is 18.8. The van der Waals surface area contributed by atoms with Crippen molar-refractivity contribution in [1.82, 2.24) is 9.88 Å². The Morgan fingerprint density at radius 3 is 1.86 bits per heavy atom. The summed E-state index contributed by atoms with van der Waals surface area (Å²) in [5.74, 6) is 0.973. The number of rotatable bonds is 8. The van der Waals surface area contributed by atoms with E-state index in [4.69, 9.17) is 0 Å². The molecule has 0 spiro atoms. The van der Waals surface area contributed by atoms with Gasteiger partial charge in [0.1, 0.15) is 0 Å². The van der Waals surface area contributed by atoms with Gasteiger partial charge in [0.2, 0.25) is 0 Å².